The van der Waals surface area contributed by atoms with E-state index in [1.807, 2.05) is 18.2 Å². The van der Waals surface area contributed by atoms with Gasteiger partial charge in [-0.1, -0.05) is 36.4 Å². The van der Waals surface area contributed by atoms with Gasteiger partial charge in [0.1, 0.15) is 0 Å². The molecule has 174 valence electrons. The van der Waals surface area contributed by atoms with Crippen molar-refractivity contribution in [3.8, 4) is 0 Å². The van der Waals surface area contributed by atoms with E-state index in [0.29, 0.717) is 33.7 Å². The van der Waals surface area contributed by atoms with Crippen molar-refractivity contribution in [2.24, 2.45) is 0 Å². The number of amides is 1. The highest BCUT2D eigenvalue weighted by Crippen LogP contribution is 2.43. The third-order valence-electron chi connectivity index (χ3n) is 6.64. The van der Waals surface area contributed by atoms with Gasteiger partial charge in [-0.25, -0.2) is 4.79 Å². The standard InChI is InChI=1S/C28H21NO6/c1-29(11-12-30)27(33)21-9-7-19-20-8-10-22(28(34)35-2)24-16(14-32)4-6-18(26(20)24)17-5-3-15(13-31)23(21)25(17)19/h3-10,13-14,30H,11-12H2,1-2H3. The molecule has 0 aliphatic carbocycles. The van der Waals surface area contributed by atoms with E-state index in [0.717, 1.165) is 38.6 Å². The molecule has 1 N–H and O–H groups in total. The predicted molar refractivity (Wildman–Crippen MR) is 134 cm³/mol. The van der Waals surface area contributed by atoms with Gasteiger partial charge in [-0.05, 0) is 44.5 Å². The zero-order valence-electron chi connectivity index (χ0n) is 19.1. The Kier molecular flexibility index (Phi) is 5.42. The lowest BCUT2D eigenvalue weighted by Gasteiger charge is -2.21. The number of benzene rings is 5. The third kappa shape index (κ3) is 3.16. The van der Waals surface area contributed by atoms with Crippen LogP contribution in [0.5, 0.6) is 0 Å². The average molecular weight is 467 g/mol. The van der Waals surface area contributed by atoms with Crippen LogP contribution in [0.1, 0.15) is 41.4 Å². The summed E-state index contributed by atoms with van der Waals surface area (Å²) in [7, 11) is 2.89. The zero-order valence-corrected chi connectivity index (χ0v) is 19.1. The van der Waals surface area contributed by atoms with Crippen molar-refractivity contribution in [2.75, 3.05) is 27.3 Å². The molecule has 0 heterocycles. The molecular formula is C28H21NO6. The number of carbonyl (C=O) groups is 4. The van der Waals surface area contributed by atoms with Crippen molar-refractivity contribution in [1.29, 1.82) is 0 Å². The lowest BCUT2D eigenvalue weighted by Crippen LogP contribution is -2.29. The number of nitrogens with zero attached hydrogens (tertiary/aromatic N) is 1. The first-order valence-corrected chi connectivity index (χ1v) is 11.0. The van der Waals surface area contributed by atoms with E-state index in [4.69, 9.17) is 4.74 Å². The fraction of sp³-hybridized carbons (Fsp3) is 0.143. The van der Waals surface area contributed by atoms with Crippen LogP contribution in [-0.2, 0) is 4.74 Å². The van der Waals surface area contributed by atoms with Crippen molar-refractivity contribution in [3.63, 3.8) is 0 Å². The maximum absolute atomic E-state index is 13.2. The Hall–Kier alpha value is -4.36. The summed E-state index contributed by atoms with van der Waals surface area (Å²) in [5, 5.41) is 15.0. The van der Waals surface area contributed by atoms with E-state index >= 15 is 0 Å². The Morgan fingerprint density at radius 2 is 1.23 bits per heavy atom. The van der Waals surface area contributed by atoms with Crippen molar-refractivity contribution < 1.29 is 29.0 Å². The minimum Gasteiger partial charge on any atom is -0.465 e. The molecule has 0 radical (unpaired) electrons. The first-order valence-electron chi connectivity index (χ1n) is 11.0. The summed E-state index contributed by atoms with van der Waals surface area (Å²) < 4.78 is 4.96. The lowest BCUT2D eigenvalue weighted by atomic mass is 9.84. The second-order valence-electron chi connectivity index (χ2n) is 8.40. The molecule has 0 aliphatic heterocycles. The number of hydrogen-bond acceptors (Lipinski definition) is 6. The molecule has 0 aliphatic rings. The van der Waals surface area contributed by atoms with Gasteiger partial charge in [0.25, 0.3) is 5.91 Å². The van der Waals surface area contributed by atoms with Crippen LogP contribution in [0.3, 0.4) is 0 Å². The van der Waals surface area contributed by atoms with Gasteiger partial charge in [0, 0.05) is 41.1 Å². The Balaban J connectivity index is 2.01. The summed E-state index contributed by atoms with van der Waals surface area (Å²) in [5.41, 5.74) is 1.39. The highest BCUT2D eigenvalue weighted by atomic mass is 16.5. The predicted octanol–water partition coefficient (Wildman–Crippen LogP) is 4.21. The number of aldehydes is 2. The fourth-order valence-electron chi connectivity index (χ4n) is 5.05. The van der Waals surface area contributed by atoms with Gasteiger partial charge in [0.05, 0.1) is 19.3 Å². The van der Waals surface area contributed by atoms with Gasteiger partial charge in [-0.2, -0.15) is 0 Å². The molecule has 5 aromatic carbocycles. The minimum atomic E-state index is -0.545. The average Bonchev–Trinajstić information content (AvgIpc) is 2.89. The number of carbonyl (C=O) groups excluding carboxylic acids is 4. The van der Waals surface area contributed by atoms with Crippen LogP contribution < -0.4 is 0 Å². The Labute approximate surface area is 199 Å². The van der Waals surface area contributed by atoms with Crippen molar-refractivity contribution in [3.05, 3.63) is 70.8 Å². The van der Waals surface area contributed by atoms with E-state index in [1.54, 1.807) is 37.4 Å². The van der Waals surface area contributed by atoms with Crippen LogP contribution in [-0.4, -0.2) is 61.8 Å². The molecule has 0 bridgehead atoms. The number of ether oxygens (including phenoxy) is 1. The smallest absolute Gasteiger partial charge is 0.338 e. The number of fused-ring (bicyclic) bond motifs is 2. The quantitative estimate of drug-likeness (QED) is 0.174. The fourth-order valence-corrected chi connectivity index (χ4v) is 5.05. The summed E-state index contributed by atoms with van der Waals surface area (Å²) >= 11 is 0. The molecule has 7 nitrogen and oxygen atoms in total. The molecular weight excluding hydrogens is 446 g/mol. The van der Waals surface area contributed by atoms with Crippen molar-refractivity contribution in [1.82, 2.24) is 4.90 Å². The second kappa shape index (κ2) is 8.45. The molecule has 0 saturated heterocycles. The lowest BCUT2D eigenvalue weighted by molar-refractivity contribution is 0.0602. The summed E-state index contributed by atoms with van der Waals surface area (Å²) in [6, 6.07) is 13.9. The van der Waals surface area contributed by atoms with Crippen LogP contribution in [0.2, 0.25) is 0 Å². The molecule has 7 heteroatoms. The largest absolute Gasteiger partial charge is 0.465 e. The summed E-state index contributed by atoms with van der Waals surface area (Å²) in [5.74, 6) is -0.851. The SMILES string of the molecule is COC(=O)c1ccc2c3ccc(C(=O)N(C)CCO)c4c(C=O)ccc(c5ccc(C=O)c1c52)c43. The molecule has 5 rings (SSSR count). The molecule has 0 atom stereocenters. The third-order valence-corrected chi connectivity index (χ3v) is 6.64. The van der Waals surface area contributed by atoms with Gasteiger partial charge in [0.15, 0.2) is 12.6 Å². The molecule has 0 unspecified atom stereocenters. The van der Waals surface area contributed by atoms with Crippen LogP contribution in [0.4, 0.5) is 0 Å². The number of aliphatic hydroxyl groups excluding tert-OH is 1. The number of likely N-dealkylation sites (N-methyl/N-ethyl adjacent to an activating group) is 1. The molecule has 0 aromatic heterocycles. The molecule has 0 spiro atoms. The molecule has 1 amide bonds. The second-order valence-corrected chi connectivity index (χ2v) is 8.40. The highest BCUT2D eigenvalue weighted by molar-refractivity contribution is 6.37. The minimum absolute atomic E-state index is 0.158. The van der Waals surface area contributed by atoms with E-state index < -0.39 is 5.97 Å². The Morgan fingerprint density at radius 1 is 0.771 bits per heavy atom. The van der Waals surface area contributed by atoms with Crippen LogP contribution in [0.15, 0.2) is 48.5 Å². The summed E-state index contributed by atoms with van der Waals surface area (Å²) in [6.07, 6.45) is 1.45. The van der Waals surface area contributed by atoms with Crippen molar-refractivity contribution in [2.45, 2.75) is 0 Å². The summed E-state index contributed by atoms with van der Waals surface area (Å²) in [4.78, 5) is 51.1. The van der Waals surface area contributed by atoms with Gasteiger partial charge < -0.3 is 14.7 Å². The molecule has 0 fully saturated rings. The maximum Gasteiger partial charge on any atom is 0.338 e. The highest BCUT2D eigenvalue weighted by Gasteiger charge is 2.24. The first kappa shape index (κ1) is 22.4. The number of rotatable bonds is 6. The van der Waals surface area contributed by atoms with Gasteiger partial charge >= 0.3 is 5.97 Å². The van der Waals surface area contributed by atoms with E-state index in [9.17, 15) is 24.3 Å². The monoisotopic (exact) mass is 467 g/mol. The molecule has 0 saturated carbocycles. The van der Waals surface area contributed by atoms with Crippen LogP contribution in [0.25, 0.3) is 43.1 Å². The number of aliphatic hydroxyl groups is 1. The van der Waals surface area contributed by atoms with Crippen LogP contribution >= 0.6 is 0 Å². The Morgan fingerprint density at radius 3 is 1.69 bits per heavy atom. The number of hydrogen-bond donors (Lipinski definition) is 1. The molecule has 5 aromatic rings. The normalized spacial score (nSPS) is 11.4. The number of esters is 1. The van der Waals surface area contributed by atoms with Crippen LogP contribution in [0, 0.1) is 0 Å². The molecule has 35 heavy (non-hydrogen) atoms. The maximum atomic E-state index is 13.2. The zero-order chi connectivity index (χ0) is 24.9. The summed E-state index contributed by atoms with van der Waals surface area (Å²) in [6.45, 7) is -0.0217. The first-order chi connectivity index (χ1) is 17.0. The Bertz CT molecular complexity index is 1670. The van der Waals surface area contributed by atoms with E-state index in [1.165, 1.54) is 12.0 Å². The number of methoxy groups -OCH3 is 1. The van der Waals surface area contributed by atoms with E-state index in [-0.39, 0.29) is 24.6 Å². The van der Waals surface area contributed by atoms with Gasteiger partial charge in [0.2, 0.25) is 0 Å². The van der Waals surface area contributed by atoms with Gasteiger partial charge in [-0.15, -0.1) is 0 Å². The van der Waals surface area contributed by atoms with Gasteiger partial charge in [-0.3, -0.25) is 14.4 Å². The topological polar surface area (TPSA) is 101 Å². The van der Waals surface area contributed by atoms with Crippen molar-refractivity contribution >= 4 is 67.5 Å². The van der Waals surface area contributed by atoms with E-state index in [2.05, 4.69) is 0 Å².